The maximum atomic E-state index is 11.9. The molecule has 0 unspecified atom stereocenters. The fourth-order valence-electron chi connectivity index (χ4n) is 3.25. The minimum absolute atomic E-state index is 0.226. The molecule has 3 rings (SSSR count). The molecule has 0 amide bonds. The van der Waals surface area contributed by atoms with E-state index in [9.17, 15) is 4.79 Å². The summed E-state index contributed by atoms with van der Waals surface area (Å²) in [4.78, 5) is 11.9. The van der Waals surface area contributed by atoms with E-state index in [-0.39, 0.29) is 6.10 Å². The summed E-state index contributed by atoms with van der Waals surface area (Å²) in [5.74, 6) is 1.02. The van der Waals surface area contributed by atoms with E-state index in [0.29, 0.717) is 11.5 Å². The van der Waals surface area contributed by atoms with Gasteiger partial charge in [0, 0.05) is 6.08 Å². The minimum Gasteiger partial charge on any atom is -0.493 e. The van der Waals surface area contributed by atoms with Crippen molar-refractivity contribution in [2.45, 2.75) is 31.8 Å². The Labute approximate surface area is 154 Å². The van der Waals surface area contributed by atoms with E-state index < -0.39 is 5.97 Å². The van der Waals surface area contributed by atoms with Crippen LogP contribution in [0, 0.1) is 0 Å². The molecule has 0 radical (unpaired) electrons. The van der Waals surface area contributed by atoms with Crippen molar-refractivity contribution in [2.75, 3.05) is 14.2 Å². The van der Waals surface area contributed by atoms with Gasteiger partial charge in [-0.15, -0.1) is 0 Å². The van der Waals surface area contributed by atoms with E-state index in [0.717, 1.165) is 29.5 Å². The van der Waals surface area contributed by atoms with Gasteiger partial charge in [0.05, 0.1) is 20.3 Å². The molecule has 136 valence electrons. The number of hydrogen-bond acceptors (Lipinski definition) is 4. The molecule has 1 fully saturated rings. The monoisotopic (exact) mass is 352 g/mol. The first-order valence-electron chi connectivity index (χ1n) is 8.91. The third-order valence-corrected chi connectivity index (χ3v) is 4.62. The number of carbonyl (C=O) groups is 1. The third kappa shape index (κ3) is 4.26. The van der Waals surface area contributed by atoms with Crippen molar-refractivity contribution in [1.82, 2.24) is 0 Å². The van der Waals surface area contributed by atoms with Gasteiger partial charge < -0.3 is 14.2 Å². The minimum atomic E-state index is -0.391. The quantitative estimate of drug-likeness (QED) is 0.562. The van der Waals surface area contributed by atoms with Crippen molar-refractivity contribution < 1.29 is 19.0 Å². The van der Waals surface area contributed by atoms with Gasteiger partial charge in [0.15, 0.2) is 11.5 Å². The normalized spacial score (nSPS) is 14.9. The molecule has 1 saturated carbocycles. The molecule has 0 aliphatic heterocycles. The van der Waals surface area contributed by atoms with Crippen LogP contribution in [0.4, 0.5) is 0 Å². The molecule has 0 aromatic heterocycles. The fraction of sp³-hybridized carbons (Fsp3) is 0.318. The molecule has 0 N–H and O–H groups in total. The van der Waals surface area contributed by atoms with Gasteiger partial charge >= 0.3 is 5.97 Å². The third-order valence-electron chi connectivity index (χ3n) is 4.62. The maximum Gasteiger partial charge on any atom is 0.331 e. The van der Waals surface area contributed by atoms with E-state index >= 15 is 0 Å². The molecular formula is C22H24O4. The van der Waals surface area contributed by atoms with Gasteiger partial charge in [-0.2, -0.15) is 0 Å². The first kappa shape index (κ1) is 18.1. The van der Waals surface area contributed by atoms with Crippen LogP contribution in [0.15, 0.2) is 54.6 Å². The Bertz CT molecular complexity index is 774. The van der Waals surface area contributed by atoms with Gasteiger partial charge in [0.2, 0.25) is 0 Å². The summed E-state index contributed by atoms with van der Waals surface area (Å²) in [5.41, 5.74) is 2.61. The van der Waals surface area contributed by atoms with Crippen LogP contribution in [-0.4, -0.2) is 26.3 Å². The van der Waals surface area contributed by atoms with Gasteiger partial charge in [-0.25, -0.2) is 4.79 Å². The SMILES string of the molecule is COC(=O)/C=C(\c1ccccc1)c1ccc(OC)c(OC2CCCC2)c1. The zero-order chi connectivity index (χ0) is 18.4. The van der Waals surface area contributed by atoms with E-state index in [1.54, 1.807) is 7.11 Å². The van der Waals surface area contributed by atoms with Crippen molar-refractivity contribution in [3.63, 3.8) is 0 Å². The van der Waals surface area contributed by atoms with Crippen LogP contribution in [0.2, 0.25) is 0 Å². The molecule has 4 heteroatoms. The second-order valence-corrected chi connectivity index (χ2v) is 6.34. The van der Waals surface area contributed by atoms with Gasteiger partial charge in [0.25, 0.3) is 0 Å². The standard InChI is InChI=1S/C22H24O4/c1-24-20-13-12-17(14-21(20)26-18-10-6-7-11-18)19(15-22(23)25-2)16-8-4-3-5-9-16/h3-5,8-9,12-15,18H,6-7,10-11H2,1-2H3/b19-15+. The molecule has 2 aromatic carbocycles. The lowest BCUT2D eigenvalue weighted by Crippen LogP contribution is -2.11. The smallest absolute Gasteiger partial charge is 0.331 e. The Hall–Kier alpha value is -2.75. The lowest BCUT2D eigenvalue weighted by atomic mass is 9.97. The Kier molecular flexibility index (Phi) is 5.95. The zero-order valence-corrected chi connectivity index (χ0v) is 15.2. The van der Waals surface area contributed by atoms with E-state index in [1.165, 1.54) is 26.0 Å². The van der Waals surface area contributed by atoms with Gasteiger partial charge in [0.1, 0.15) is 0 Å². The highest BCUT2D eigenvalue weighted by Crippen LogP contribution is 2.35. The summed E-state index contributed by atoms with van der Waals surface area (Å²) in [5, 5.41) is 0. The molecular weight excluding hydrogens is 328 g/mol. The summed E-state index contributed by atoms with van der Waals surface area (Å²) in [6.45, 7) is 0. The molecule has 0 heterocycles. The largest absolute Gasteiger partial charge is 0.493 e. The molecule has 0 bridgehead atoms. The first-order chi connectivity index (χ1) is 12.7. The molecule has 26 heavy (non-hydrogen) atoms. The summed E-state index contributed by atoms with van der Waals surface area (Å²) in [6, 6.07) is 15.5. The molecule has 1 aliphatic rings. The van der Waals surface area contributed by atoms with Gasteiger partial charge in [-0.1, -0.05) is 36.4 Å². The average molecular weight is 352 g/mol. The lowest BCUT2D eigenvalue weighted by molar-refractivity contribution is -0.134. The Morgan fingerprint density at radius 2 is 1.69 bits per heavy atom. The highest BCUT2D eigenvalue weighted by molar-refractivity contribution is 5.96. The van der Waals surface area contributed by atoms with Crippen LogP contribution < -0.4 is 9.47 Å². The highest BCUT2D eigenvalue weighted by atomic mass is 16.5. The first-order valence-corrected chi connectivity index (χ1v) is 8.91. The molecule has 4 nitrogen and oxygen atoms in total. The topological polar surface area (TPSA) is 44.8 Å². The molecule has 0 saturated heterocycles. The van der Waals surface area contributed by atoms with Crippen LogP contribution in [0.3, 0.4) is 0 Å². The van der Waals surface area contributed by atoms with Crippen LogP contribution in [0.1, 0.15) is 36.8 Å². The number of rotatable bonds is 6. The molecule has 1 aliphatic carbocycles. The van der Waals surface area contributed by atoms with Crippen molar-refractivity contribution in [1.29, 1.82) is 0 Å². The van der Waals surface area contributed by atoms with Gasteiger partial charge in [-0.3, -0.25) is 0 Å². The number of hydrogen-bond donors (Lipinski definition) is 0. The van der Waals surface area contributed by atoms with Crippen molar-refractivity contribution >= 4 is 11.5 Å². The summed E-state index contributed by atoms with van der Waals surface area (Å²) < 4.78 is 16.5. The number of ether oxygens (including phenoxy) is 3. The van der Waals surface area contributed by atoms with Crippen LogP contribution in [0.5, 0.6) is 11.5 Å². The summed E-state index contributed by atoms with van der Waals surface area (Å²) in [6.07, 6.45) is 6.27. The summed E-state index contributed by atoms with van der Waals surface area (Å²) >= 11 is 0. The molecule has 0 spiro atoms. The Morgan fingerprint density at radius 1 is 0.962 bits per heavy atom. The van der Waals surface area contributed by atoms with Crippen molar-refractivity contribution in [2.24, 2.45) is 0 Å². The van der Waals surface area contributed by atoms with Crippen LogP contribution in [-0.2, 0) is 9.53 Å². The lowest BCUT2D eigenvalue weighted by Gasteiger charge is -2.18. The number of esters is 1. The van der Waals surface area contributed by atoms with Crippen LogP contribution in [0.25, 0.3) is 5.57 Å². The van der Waals surface area contributed by atoms with E-state index in [1.807, 2.05) is 48.5 Å². The predicted molar refractivity (Wildman–Crippen MR) is 101 cm³/mol. The number of carbonyl (C=O) groups excluding carboxylic acids is 1. The van der Waals surface area contributed by atoms with Crippen molar-refractivity contribution in [3.05, 3.63) is 65.7 Å². The van der Waals surface area contributed by atoms with E-state index in [2.05, 4.69) is 0 Å². The Balaban J connectivity index is 2.00. The average Bonchev–Trinajstić information content (AvgIpc) is 3.19. The summed E-state index contributed by atoms with van der Waals surface area (Å²) in [7, 11) is 3.02. The van der Waals surface area contributed by atoms with Gasteiger partial charge in [-0.05, 0) is 54.5 Å². The maximum absolute atomic E-state index is 11.9. The zero-order valence-electron chi connectivity index (χ0n) is 15.2. The Morgan fingerprint density at radius 3 is 2.35 bits per heavy atom. The number of methoxy groups -OCH3 is 2. The van der Waals surface area contributed by atoms with Crippen LogP contribution >= 0.6 is 0 Å². The molecule has 2 aromatic rings. The second-order valence-electron chi connectivity index (χ2n) is 6.34. The highest BCUT2D eigenvalue weighted by Gasteiger charge is 2.19. The molecule has 0 atom stereocenters. The predicted octanol–water partition coefficient (Wildman–Crippen LogP) is 4.62. The number of benzene rings is 2. The second kappa shape index (κ2) is 8.56. The van der Waals surface area contributed by atoms with E-state index in [4.69, 9.17) is 14.2 Å². The fourth-order valence-corrected chi connectivity index (χ4v) is 3.25. The van der Waals surface area contributed by atoms with Crippen molar-refractivity contribution in [3.8, 4) is 11.5 Å².